The Labute approximate surface area is 112 Å². The van der Waals surface area contributed by atoms with E-state index in [1.54, 1.807) is 6.07 Å². The van der Waals surface area contributed by atoms with Gasteiger partial charge in [0.2, 0.25) is 10.0 Å². The number of benzene rings is 1. The summed E-state index contributed by atoms with van der Waals surface area (Å²) in [6, 6.07) is 5.81. The minimum Gasteiger partial charge on any atom is -0.330 e. The van der Waals surface area contributed by atoms with Crippen molar-refractivity contribution in [2.24, 2.45) is 5.73 Å². The van der Waals surface area contributed by atoms with Crippen molar-refractivity contribution in [2.45, 2.75) is 18.6 Å². The molecule has 0 amide bonds. The molecule has 0 radical (unpaired) electrons. The van der Waals surface area contributed by atoms with Gasteiger partial charge in [0.1, 0.15) is 0 Å². The highest BCUT2D eigenvalue weighted by Gasteiger charge is 2.19. The molecule has 0 saturated heterocycles. The van der Waals surface area contributed by atoms with Gasteiger partial charge in [-0.2, -0.15) is 0 Å². The fourth-order valence-corrected chi connectivity index (χ4v) is 2.77. The molecule has 0 saturated carbocycles. The Balaban J connectivity index is 2.70. The minimum atomic E-state index is -3.57. The summed E-state index contributed by atoms with van der Waals surface area (Å²) < 4.78 is 25.9. The molecule has 0 aliphatic heterocycles. The molecule has 1 aromatic carbocycles. The molecular weight excluding hydrogens is 270 g/mol. The van der Waals surface area contributed by atoms with Gasteiger partial charge in [0.05, 0.1) is 10.7 Å². The van der Waals surface area contributed by atoms with Crippen LogP contribution in [0.15, 0.2) is 24.3 Å². The Hall–Kier alpha value is -1.51. The van der Waals surface area contributed by atoms with Crippen LogP contribution < -0.4 is 10.5 Å². The van der Waals surface area contributed by atoms with Gasteiger partial charge in [0, 0.05) is 18.2 Å². The van der Waals surface area contributed by atoms with Crippen molar-refractivity contribution in [1.82, 2.24) is 4.72 Å². The number of nitrogens with one attached hydrogen (secondary N) is 1. The number of hydrogen-bond acceptors (Lipinski definition) is 5. The molecule has 0 atom stereocenters. The SMILES string of the molecule is NCCCCNS(=O)(=O)Cc1ccccc1[N+](=O)[O-]. The lowest BCUT2D eigenvalue weighted by atomic mass is 10.2. The first-order chi connectivity index (χ1) is 8.96. The normalized spacial score (nSPS) is 11.4. The first-order valence-corrected chi connectivity index (χ1v) is 7.51. The number of nitrogens with two attached hydrogens (primary N) is 1. The molecule has 0 heterocycles. The van der Waals surface area contributed by atoms with Gasteiger partial charge in [-0.3, -0.25) is 10.1 Å². The topological polar surface area (TPSA) is 115 Å². The van der Waals surface area contributed by atoms with Crippen molar-refractivity contribution in [1.29, 1.82) is 0 Å². The average Bonchev–Trinajstić information content (AvgIpc) is 2.34. The van der Waals surface area contributed by atoms with Crippen LogP contribution in [0.4, 0.5) is 5.69 Å². The van der Waals surface area contributed by atoms with Crippen LogP contribution in [0.1, 0.15) is 18.4 Å². The first-order valence-electron chi connectivity index (χ1n) is 5.86. The predicted molar refractivity (Wildman–Crippen MR) is 72.0 cm³/mol. The molecule has 0 aromatic heterocycles. The summed E-state index contributed by atoms with van der Waals surface area (Å²) in [5.74, 6) is -0.396. The first kappa shape index (κ1) is 15.5. The van der Waals surface area contributed by atoms with E-state index in [2.05, 4.69) is 4.72 Å². The second-order valence-electron chi connectivity index (χ2n) is 4.04. The van der Waals surface area contributed by atoms with Crippen molar-refractivity contribution in [3.63, 3.8) is 0 Å². The van der Waals surface area contributed by atoms with Crippen LogP contribution in [0, 0.1) is 10.1 Å². The number of rotatable bonds is 8. The van der Waals surface area contributed by atoms with Crippen LogP contribution in [0.25, 0.3) is 0 Å². The molecule has 1 rings (SSSR count). The van der Waals surface area contributed by atoms with Gasteiger partial charge in [-0.15, -0.1) is 0 Å². The van der Waals surface area contributed by atoms with Gasteiger partial charge in [-0.25, -0.2) is 13.1 Å². The van der Waals surface area contributed by atoms with E-state index in [9.17, 15) is 18.5 Å². The Morgan fingerprint density at radius 2 is 1.95 bits per heavy atom. The summed E-state index contributed by atoms with van der Waals surface area (Å²) >= 11 is 0. The number of hydrogen-bond donors (Lipinski definition) is 2. The number of unbranched alkanes of at least 4 members (excludes halogenated alkanes) is 1. The van der Waals surface area contributed by atoms with E-state index < -0.39 is 20.7 Å². The Kier molecular flexibility index (Phi) is 5.87. The van der Waals surface area contributed by atoms with E-state index >= 15 is 0 Å². The van der Waals surface area contributed by atoms with Crippen LogP contribution in [-0.2, 0) is 15.8 Å². The smallest absolute Gasteiger partial charge is 0.273 e. The van der Waals surface area contributed by atoms with Gasteiger partial charge in [-0.1, -0.05) is 18.2 Å². The molecular formula is C11H17N3O4S. The van der Waals surface area contributed by atoms with Crippen LogP contribution in [0.5, 0.6) is 0 Å². The molecule has 19 heavy (non-hydrogen) atoms. The van der Waals surface area contributed by atoms with E-state index in [0.29, 0.717) is 19.5 Å². The zero-order valence-electron chi connectivity index (χ0n) is 10.4. The maximum absolute atomic E-state index is 11.8. The lowest BCUT2D eigenvalue weighted by molar-refractivity contribution is -0.385. The van der Waals surface area contributed by atoms with Gasteiger partial charge in [0.25, 0.3) is 5.69 Å². The number of sulfonamides is 1. The third-order valence-corrected chi connectivity index (χ3v) is 3.82. The van der Waals surface area contributed by atoms with Gasteiger partial charge in [-0.05, 0) is 19.4 Å². The zero-order chi connectivity index (χ0) is 14.3. The van der Waals surface area contributed by atoms with Gasteiger partial charge >= 0.3 is 0 Å². The third kappa shape index (κ3) is 5.33. The Bertz CT molecular complexity index is 530. The van der Waals surface area contributed by atoms with E-state index in [1.165, 1.54) is 18.2 Å². The minimum absolute atomic E-state index is 0.179. The molecule has 0 fully saturated rings. The van der Waals surface area contributed by atoms with E-state index in [0.717, 1.165) is 6.42 Å². The molecule has 0 unspecified atom stereocenters. The highest BCUT2D eigenvalue weighted by Crippen LogP contribution is 2.19. The molecule has 8 heteroatoms. The average molecular weight is 287 g/mol. The monoisotopic (exact) mass is 287 g/mol. The zero-order valence-corrected chi connectivity index (χ0v) is 11.2. The molecule has 0 bridgehead atoms. The van der Waals surface area contributed by atoms with E-state index in [-0.39, 0.29) is 11.3 Å². The maximum atomic E-state index is 11.8. The van der Waals surface area contributed by atoms with Crippen molar-refractivity contribution < 1.29 is 13.3 Å². The van der Waals surface area contributed by atoms with Crippen LogP contribution in [-0.4, -0.2) is 26.4 Å². The number of nitro groups is 1. The Morgan fingerprint density at radius 1 is 1.26 bits per heavy atom. The highest BCUT2D eigenvalue weighted by atomic mass is 32.2. The summed E-state index contributed by atoms with van der Waals surface area (Å²) in [6.45, 7) is 0.798. The lowest BCUT2D eigenvalue weighted by Crippen LogP contribution is -2.26. The molecule has 0 spiro atoms. The second-order valence-corrected chi connectivity index (χ2v) is 5.84. The third-order valence-electron chi connectivity index (χ3n) is 2.49. The maximum Gasteiger partial charge on any atom is 0.273 e. The summed E-state index contributed by atoms with van der Waals surface area (Å²) in [4.78, 5) is 10.2. The van der Waals surface area contributed by atoms with Crippen molar-refractivity contribution >= 4 is 15.7 Å². The van der Waals surface area contributed by atoms with Crippen molar-refractivity contribution in [3.8, 4) is 0 Å². The largest absolute Gasteiger partial charge is 0.330 e. The standard InChI is InChI=1S/C11H17N3O4S/c12-7-3-4-8-13-19(17,18)9-10-5-1-2-6-11(10)14(15)16/h1-2,5-6,13H,3-4,7-9,12H2. The number of nitrogens with zero attached hydrogens (tertiary/aromatic N) is 1. The molecule has 0 aliphatic carbocycles. The highest BCUT2D eigenvalue weighted by molar-refractivity contribution is 7.88. The van der Waals surface area contributed by atoms with E-state index in [4.69, 9.17) is 5.73 Å². The molecule has 106 valence electrons. The lowest BCUT2D eigenvalue weighted by Gasteiger charge is -2.06. The number of para-hydroxylation sites is 1. The summed E-state index contributed by atoms with van der Waals surface area (Å²) in [5.41, 5.74) is 5.30. The molecule has 7 nitrogen and oxygen atoms in total. The van der Waals surface area contributed by atoms with Crippen LogP contribution >= 0.6 is 0 Å². The summed E-state index contributed by atoms with van der Waals surface area (Å²) in [6.07, 6.45) is 1.38. The predicted octanol–water partition coefficient (Wildman–Crippen LogP) is 0.753. The second kappa shape index (κ2) is 7.17. The van der Waals surface area contributed by atoms with Crippen molar-refractivity contribution in [2.75, 3.05) is 13.1 Å². The van der Waals surface area contributed by atoms with Crippen molar-refractivity contribution in [3.05, 3.63) is 39.9 Å². The molecule has 1 aromatic rings. The summed E-state index contributed by atoms with van der Waals surface area (Å²) in [5, 5.41) is 10.8. The van der Waals surface area contributed by atoms with Gasteiger partial charge < -0.3 is 5.73 Å². The molecule has 0 aliphatic rings. The number of nitro benzene ring substituents is 1. The van der Waals surface area contributed by atoms with Crippen LogP contribution in [0.3, 0.4) is 0 Å². The fraction of sp³-hybridized carbons (Fsp3) is 0.455. The quantitative estimate of drug-likeness (QED) is 0.416. The Morgan fingerprint density at radius 3 is 2.58 bits per heavy atom. The van der Waals surface area contributed by atoms with E-state index in [1.807, 2.05) is 0 Å². The van der Waals surface area contributed by atoms with Crippen LogP contribution in [0.2, 0.25) is 0 Å². The fourth-order valence-electron chi connectivity index (χ4n) is 1.56. The molecule has 3 N–H and O–H groups in total. The summed E-state index contributed by atoms with van der Waals surface area (Å²) in [7, 11) is -3.57. The van der Waals surface area contributed by atoms with Gasteiger partial charge in [0.15, 0.2) is 0 Å².